The highest BCUT2D eigenvalue weighted by atomic mass is 35.5. The Balaban J connectivity index is 2.16. The van der Waals surface area contributed by atoms with Crippen molar-refractivity contribution in [3.8, 4) is 0 Å². The van der Waals surface area contributed by atoms with Gasteiger partial charge in [-0.1, -0.05) is 18.5 Å². The maximum atomic E-state index is 6.06. The summed E-state index contributed by atoms with van der Waals surface area (Å²) in [5.41, 5.74) is 1.70. The van der Waals surface area contributed by atoms with Gasteiger partial charge in [0, 0.05) is 18.2 Å². The van der Waals surface area contributed by atoms with Gasteiger partial charge in [-0.25, -0.2) is 9.97 Å². The molecule has 0 aliphatic rings. The molecule has 5 nitrogen and oxygen atoms in total. The van der Waals surface area contributed by atoms with Crippen molar-refractivity contribution in [1.29, 1.82) is 0 Å². The van der Waals surface area contributed by atoms with Gasteiger partial charge in [-0.2, -0.15) is 10.2 Å². The zero-order valence-corrected chi connectivity index (χ0v) is 11.1. The predicted molar refractivity (Wildman–Crippen MR) is 70.5 cm³/mol. The molecule has 2 aromatic heterocycles. The summed E-state index contributed by atoms with van der Waals surface area (Å²) < 4.78 is 0. The Bertz CT molecular complexity index is 529. The van der Waals surface area contributed by atoms with Gasteiger partial charge in [0.25, 0.3) is 0 Å². The van der Waals surface area contributed by atoms with E-state index in [1.165, 1.54) is 0 Å². The van der Waals surface area contributed by atoms with Crippen LogP contribution in [0.25, 0.3) is 0 Å². The van der Waals surface area contributed by atoms with E-state index >= 15 is 0 Å². The lowest BCUT2D eigenvalue weighted by Gasteiger charge is -2.10. The number of hydrogen-bond acceptors (Lipinski definition) is 5. The lowest BCUT2D eigenvalue weighted by molar-refractivity contribution is 0.896. The van der Waals surface area contributed by atoms with Crippen molar-refractivity contribution in [1.82, 2.24) is 20.2 Å². The second-order valence-electron chi connectivity index (χ2n) is 3.83. The first kappa shape index (κ1) is 12.7. The first-order chi connectivity index (χ1) is 8.70. The van der Waals surface area contributed by atoms with E-state index in [0.717, 1.165) is 29.3 Å². The topological polar surface area (TPSA) is 63.6 Å². The zero-order valence-electron chi connectivity index (χ0n) is 10.3. The lowest BCUT2D eigenvalue weighted by Crippen LogP contribution is -2.08. The molecule has 6 heteroatoms. The smallest absolute Gasteiger partial charge is 0.137 e. The molecule has 0 atom stereocenters. The van der Waals surface area contributed by atoms with Crippen molar-refractivity contribution in [2.24, 2.45) is 0 Å². The molecule has 1 N–H and O–H groups in total. The molecular weight excluding hydrogens is 250 g/mol. The van der Waals surface area contributed by atoms with E-state index in [9.17, 15) is 0 Å². The van der Waals surface area contributed by atoms with E-state index in [0.29, 0.717) is 11.7 Å². The highest BCUT2D eigenvalue weighted by Crippen LogP contribution is 2.20. The van der Waals surface area contributed by atoms with Gasteiger partial charge in [-0.05, 0) is 19.1 Å². The van der Waals surface area contributed by atoms with Gasteiger partial charge in [-0.3, -0.25) is 0 Å². The first-order valence-electron chi connectivity index (χ1n) is 5.74. The van der Waals surface area contributed by atoms with Crippen LogP contribution in [0.15, 0.2) is 18.3 Å². The van der Waals surface area contributed by atoms with E-state index in [1.807, 2.05) is 26.0 Å². The molecule has 94 valence electrons. The number of aryl methyl sites for hydroxylation is 1. The number of hydrogen-bond donors (Lipinski definition) is 1. The largest absolute Gasteiger partial charge is 0.364 e. The van der Waals surface area contributed by atoms with Crippen LogP contribution in [0.3, 0.4) is 0 Å². The van der Waals surface area contributed by atoms with Crippen LogP contribution in [0.1, 0.15) is 24.0 Å². The van der Waals surface area contributed by atoms with Crippen LogP contribution < -0.4 is 5.32 Å². The van der Waals surface area contributed by atoms with E-state index in [4.69, 9.17) is 11.6 Å². The van der Waals surface area contributed by atoms with Gasteiger partial charge < -0.3 is 5.32 Å². The van der Waals surface area contributed by atoms with Crippen LogP contribution in [0.4, 0.5) is 5.82 Å². The number of anilines is 1. The molecular formula is C12H14ClN5. The van der Waals surface area contributed by atoms with E-state index in [1.54, 1.807) is 6.20 Å². The Labute approximate surface area is 111 Å². The van der Waals surface area contributed by atoms with Crippen LogP contribution in [-0.2, 0) is 13.0 Å². The van der Waals surface area contributed by atoms with Gasteiger partial charge in [0.2, 0.25) is 0 Å². The van der Waals surface area contributed by atoms with Gasteiger partial charge in [0.15, 0.2) is 0 Å². The molecule has 0 saturated carbocycles. The number of nitrogens with one attached hydrogen (secondary N) is 1. The summed E-state index contributed by atoms with van der Waals surface area (Å²) in [7, 11) is 0. The average Bonchev–Trinajstić information content (AvgIpc) is 2.41. The minimum absolute atomic E-state index is 0.489. The van der Waals surface area contributed by atoms with Gasteiger partial charge in [0.1, 0.15) is 16.8 Å². The van der Waals surface area contributed by atoms with Crippen molar-refractivity contribution < 1.29 is 0 Å². The monoisotopic (exact) mass is 263 g/mol. The molecule has 0 aromatic carbocycles. The van der Waals surface area contributed by atoms with Crippen LogP contribution in [-0.4, -0.2) is 20.2 Å². The normalized spacial score (nSPS) is 10.4. The molecule has 0 fully saturated rings. The third-order valence-electron chi connectivity index (χ3n) is 2.51. The van der Waals surface area contributed by atoms with Gasteiger partial charge in [0.05, 0.1) is 12.2 Å². The van der Waals surface area contributed by atoms with Crippen molar-refractivity contribution in [2.75, 3.05) is 5.32 Å². The van der Waals surface area contributed by atoms with Crippen molar-refractivity contribution in [3.63, 3.8) is 0 Å². The molecule has 2 heterocycles. The maximum absolute atomic E-state index is 6.06. The summed E-state index contributed by atoms with van der Waals surface area (Å²) in [6.07, 6.45) is 2.39. The van der Waals surface area contributed by atoms with Crippen LogP contribution in [0, 0.1) is 6.92 Å². The first-order valence-corrected chi connectivity index (χ1v) is 6.12. The lowest BCUT2D eigenvalue weighted by atomic mass is 10.3. The van der Waals surface area contributed by atoms with E-state index in [2.05, 4.69) is 25.5 Å². The molecule has 0 amide bonds. The molecule has 0 spiro atoms. The molecule has 18 heavy (non-hydrogen) atoms. The SMILES string of the molecule is CCc1nc(Cl)c(C)c(NCc2cccnn2)n1. The summed E-state index contributed by atoms with van der Waals surface area (Å²) >= 11 is 6.06. The number of halogens is 1. The molecule has 2 aromatic rings. The fourth-order valence-electron chi connectivity index (χ4n) is 1.46. The Morgan fingerprint density at radius 3 is 2.83 bits per heavy atom. The summed E-state index contributed by atoms with van der Waals surface area (Å²) in [5, 5.41) is 11.5. The third kappa shape index (κ3) is 2.92. The third-order valence-corrected chi connectivity index (χ3v) is 2.88. The Hall–Kier alpha value is -1.75. The maximum Gasteiger partial charge on any atom is 0.137 e. The van der Waals surface area contributed by atoms with Crippen molar-refractivity contribution in [2.45, 2.75) is 26.8 Å². The molecule has 0 aliphatic heterocycles. The van der Waals surface area contributed by atoms with Crippen molar-refractivity contribution in [3.05, 3.63) is 40.6 Å². The fourth-order valence-corrected chi connectivity index (χ4v) is 1.65. The number of nitrogens with zero attached hydrogens (tertiary/aromatic N) is 4. The van der Waals surface area contributed by atoms with E-state index in [-0.39, 0.29) is 0 Å². The minimum Gasteiger partial charge on any atom is -0.364 e. The van der Waals surface area contributed by atoms with Gasteiger partial charge >= 0.3 is 0 Å². The van der Waals surface area contributed by atoms with Gasteiger partial charge in [-0.15, -0.1) is 0 Å². The Morgan fingerprint density at radius 2 is 2.17 bits per heavy atom. The Morgan fingerprint density at radius 1 is 1.33 bits per heavy atom. The second-order valence-corrected chi connectivity index (χ2v) is 4.18. The summed E-state index contributed by atoms with van der Waals surface area (Å²) in [4.78, 5) is 8.61. The highest BCUT2D eigenvalue weighted by Gasteiger charge is 2.08. The average molecular weight is 264 g/mol. The summed E-state index contributed by atoms with van der Waals surface area (Å²) in [5.74, 6) is 1.48. The number of rotatable bonds is 4. The highest BCUT2D eigenvalue weighted by molar-refractivity contribution is 6.30. The Kier molecular flexibility index (Phi) is 4.04. The van der Waals surface area contributed by atoms with Crippen molar-refractivity contribution >= 4 is 17.4 Å². The molecule has 0 radical (unpaired) electrons. The fraction of sp³-hybridized carbons (Fsp3) is 0.333. The number of aromatic nitrogens is 4. The molecule has 0 bridgehead atoms. The molecule has 0 unspecified atom stereocenters. The quantitative estimate of drug-likeness (QED) is 0.858. The minimum atomic E-state index is 0.489. The van der Waals surface area contributed by atoms with Crippen LogP contribution >= 0.6 is 11.6 Å². The van der Waals surface area contributed by atoms with Crippen LogP contribution in [0.5, 0.6) is 0 Å². The molecule has 0 aliphatic carbocycles. The summed E-state index contributed by atoms with van der Waals surface area (Å²) in [6.45, 7) is 4.44. The molecule has 2 rings (SSSR count). The zero-order chi connectivity index (χ0) is 13.0. The van der Waals surface area contributed by atoms with Crippen LogP contribution in [0.2, 0.25) is 5.15 Å². The standard InChI is InChI=1S/C12H14ClN5/c1-3-10-16-11(13)8(2)12(17-10)14-7-9-5-4-6-15-18-9/h4-6H,3,7H2,1-2H3,(H,14,16,17). The molecule has 0 saturated heterocycles. The summed E-state index contributed by atoms with van der Waals surface area (Å²) in [6, 6.07) is 3.75. The second kappa shape index (κ2) is 5.73. The van der Waals surface area contributed by atoms with E-state index < -0.39 is 0 Å². The predicted octanol–water partition coefficient (Wildman–Crippen LogP) is 2.40.